The van der Waals surface area contributed by atoms with Crippen molar-refractivity contribution in [2.45, 2.75) is 43.9 Å². The fourth-order valence-corrected chi connectivity index (χ4v) is 4.55. The van der Waals surface area contributed by atoms with Crippen LogP contribution < -0.4 is 0 Å². The Kier molecular flexibility index (Phi) is 6.18. The molecule has 31 heavy (non-hydrogen) atoms. The largest absolute Gasteiger partial charge is 0.505 e. The lowest BCUT2D eigenvalue weighted by molar-refractivity contribution is -0.133. The minimum Gasteiger partial charge on any atom is -0.505 e. The van der Waals surface area contributed by atoms with Gasteiger partial charge in [-0.3, -0.25) is 9.69 Å². The first-order valence-corrected chi connectivity index (χ1v) is 10.4. The molecular weight excluding hydrogens is 412 g/mol. The Morgan fingerprint density at radius 3 is 2.45 bits per heavy atom. The summed E-state index contributed by atoms with van der Waals surface area (Å²) in [5, 5.41) is 9.34. The molecule has 2 aliphatic rings. The lowest BCUT2D eigenvalue weighted by Crippen LogP contribution is -2.49. The van der Waals surface area contributed by atoms with Crippen LogP contribution in [-0.4, -0.2) is 52.7 Å². The van der Waals surface area contributed by atoms with Crippen molar-refractivity contribution in [1.82, 2.24) is 9.80 Å². The minimum atomic E-state index is -2.53. The summed E-state index contributed by atoms with van der Waals surface area (Å²) < 4.78 is 54.0. The molecule has 2 aromatic carbocycles. The normalized spacial score (nSPS) is 24.9. The molecule has 166 valence electrons. The second kappa shape index (κ2) is 8.86. The van der Waals surface area contributed by atoms with E-state index in [-0.39, 0.29) is 18.0 Å². The fraction of sp³-hybridized carbons (Fsp3) is 0.435. The molecule has 3 unspecified atom stereocenters. The highest BCUT2D eigenvalue weighted by molar-refractivity contribution is 5.84. The van der Waals surface area contributed by atoms with Crippen molar-refractivity contribution < 1.29 is 27.5 Å². The van der Waals surface area contributed by atoms with E-state index < -0.39 is 36.1 Å². The predicted octanol–water partition coefficient (Wildman–Crippen LogP) is 4.40. The molecule has 0 saturated carbocycles. The molecule has 4 nitrogen and oxygen atoms in total. The van der Waals surface area contributed by atoms with Crippen LogP contribution in [-0.2, 0) is 11.3 Å². The summed E-state index contributed by atoms with van der Waals surface area (Å²) in [6, 6.07) is 9.46. The van der Waals surface area contributed by atoms with Crippen molar-refractivity contribution in [1.29, 1.82) is 0 Å². The van der Waals surface area contributed by atoms with Gasteiger partial charge in [0.25, 0.3) is 6.43 Å². The van der Waals surface area contributed by atoms with Crippen molar-refractivity contribution in [3.05, 3.63) is 65.0 Å². The minimum absolute atomic E-state index is 0.0558. The van der Waals surface area contributed by atoms with Gasteiger partial charge < -0.3 is 10.0 Å². The van der Waals surface area contributed by atoms with Crippen LogP contribution in [0.5, 0.6) is 5.75 Å². The molecular formula is C23H24F4N2O2. The molecule has 0 aliphatic carbocycles. The standard InChI is InChI=1S/C23H24F4N2O2/c24-18-11-16(5-6-21(18)30)17-7-9-28(13-19(17)25)20-8-10-29(23(20)31)12-14-1-3-15(4-2-14)22(26)27/h1-6,11,17,19-20,22,30H,7-10,12-13H2. The number of piperidine rings is 1. The number of halogens is 4. The van der Waals surface area contributed by atoms with E-state index in [4.69, 9.17) is 0 Å². The van der Waals surface area contributed by atoms with Crippen LogP contribution >= 0.6 is 0 Å². The van der Waals surface area contributed by atoms with Crippen LogP contribution in [0, 0.1) is 5.82 Å². The molecule has 4 rings (SSSR count). The summed E-state index contributed by atoms with van der Waals surface area (Å²) in [6.45, 7) is 1.46. The highest BCUT2D eigenvalue weighted by atomic mass is 19.3. The third-order valence-corrected chi connectivity index (χ3v) is 6.29. The van der Waals surface area contributed by atoms with E-state index in [1.165, 1.54) is 30.3 Å². The number of likely N-dealkylation sites (tertiary alicyclic amines) is 2. The second-order valence-electron chi connectivity index (χ2n) is 8.22. The molecule has 0 spiro atoms. The van der Waals surface area contributed by atoms with Crippen LogP contribution in [0.1, 0.15) is 41.9 Å². The quantitative estimate of drug-likeness (QED) is 0.707. The van der Waals surface area contributed by atoms with Gasteiger partial charge in [-0.25, -0.2) is 17.6 Å². The van der Waals surface area contributed by atoms with Crippen LogP contribution in [0.3, 0.4) is 0 Å². The molecule has 0 aromatic heterocycles. The number of carbonyl (C=O) groups is 1. The number of amides is 1. The van der Waals surface area contributed by atoms with Gasteiger partial charge in [-0.15, -0.1) is 0 Å². The number of benzene rings is 2. The number of rotatable bonds is 5. The molecule has 1 N–H and O–H groups in total. The number of alkyl halides is 3. The van der Waals surface area contributed by atoms with Gasteiger partial charge in [0.1, 0.15) is 6.17 Å². The van der Waals surface area contributed by atoms with Crippen molar-refractivity contribution in [2.24, 2.45) is 0 Å². The molecule has 2 heterocycles. The van der Waals surface area contributed by atoms with E-state index in [2.05, 4.69) is 0 Å². The Bertz CT molecular complexity index is 938. The van der Waals surface area contributed by atoms with Gasteiger partial charge in [0.2, 0.25) is 5.91 Å². The van der Waals surface area contributed by atoms with Gasteiger partial charge in [0.15, 0.2) is 11.6 Å². The van der Waals surface area contributed by atoms with Gasteiger partial charge in [-0.1, -0.05) is 30.3 Å². The lowest BCUT2D eigenvalue weighted by atomic mass is 9.87. The molecule has 0 bridgehead atoms. The zero-order valence-corrected chi connectivity index (χ0v) is 16.9. The number of aromatic hydroxyl groups is 1. The average Bonchev–Trinajstić information content (AvgIpc) is 3.10. The van der Waals surface area contributed by atoms with Gasteiger partial charge in [0.05, 0.1) is 6.04 Å². The first kappa shape index (κ1) is 21.6. The van der Waals surface area contributed by atoms with Crippen LogP contribution in [0.4, 0.5) is 17.6 Å². The highest BCUT2D eigenvalue weighted by Gasteiger charge is 2.40. The van der Waals surface area contributed by atoms with Crippen molar-refractivity contribution >= 4 is 5.91 Å². The third kappa shape index (κ3) is 4.54. The number of hydrogen-bond acceptors (Lipinski definition) is 3. The summed E-state index contributed by atoms with van der Waals surface area (Å²) in [4.78, 5) is 16.4. The Labute approximate surface area is 178 Å². The number of hydrogen-bond donors (Lipinski definition) is 1. The van der Waals surface area contributed by atoms with Crippen molar-refractivity contribution in [3.8, 4) is 5.75 Å². The second-order valence-corrected chi connectivity index (χ2v) is 8.22. The molecule has 3 atom stereocenters. The maximum Gasteiger partial charge on any atom is 0.263 e. The van der Waals surface area contributed by atoms with Crippen LogP contribution in [0.25, 0.3) is 0 Å². The van der Waals surface area contributed by atoms with E-state index in [1.807, 2.05) is 4.90 Å². The average molecular weight is 436 g/mol. The molecule has 2 aliphatic heterocycles. The van der Waals surface area contributed by atoms with Crippen molar-refractivity contribution in [2.75, 3.05) is 19.6 Å². The molecule has 0 radical (unpaired) electrons. The number of nitrogens with zero attached hydrogens (tertiary/aromatic N) is 2. The van der Waals surface area contributed by atoms with Gasteiger partial charge in [0, 0.05) is 31.1 Å². The van der Waals surface area contributed by atoms with E-state index in [9.17, 15) is 27.5 Å². The smallest absolute Gasteiger partial charge is 0.263 e. The number of phenolic OH excluding ortho intramolecular Hbond substituents is 1. The zero-order valence-electron chi connectivity index (χ0n) is 16.9. The maximum atomic E-state index is 14.9. The predicted molar refractivity (Wildman–Crippen MR) is 107 cm³/mol. The Hall–Kier alpha value is -2.61. The summed E-state index contributed by atoms with van der Waals surface area (Å²) in [5.74, 6) is -1.79. The van der Waals surface area contributed by atoms with Gasteiger partial charge >= 0.3 is 0 Å². The molecule has 2 aromatic rings. The summed E-state index contributed by atoms with van der Waals surface area (Å²) in [5.41, 5.74) is 1.23. The molecule has 2 saturated heterocycles. The van der Waals surface area contributed by atoms with E-state index in [1.54, 1.807) is 17.0 Å². The topological polar surface area (TPSA) is 43.8 Å². The Balaban J connectivity index is 1.36. The maximum absolute atomic E-state index is 14.9. The van der Waals surface area contributed by atoms with Crippen molar-refractivity contribution in [3.63, 3.8) is 0 Å². The Morgan fingerprint density at radius 2 is 1.81 bits per heavy atom. The lowest BCUT2D eigenvalue weighted by Gasteiger charge is -2.37. The van der Waals surface area contributed by atoms with Gasteiger partial charge in [-0.05, 0) is 42.6 Å². The number of carbonyl (C=O) groups excluding carboxylic acids is 1. The first-order valence-electron chi connectivity index (χ1n) is 10.4. The molecule has 2 fully saturated rings. The monoisotopic (exact) mass is 436 g/mol. The fourth-order valence-electron chi connectivity index (χ4n) is 4.55. The SMILES string of the molecule is O=C1C(N2CCC(c3ccc(O)c(F)c3)C(F)C2)CCN1Cc1ccc(C(F)F)cc1. The third-order valence-electron chi connectivity index (χ3n) is 6.29. The van der Waals surface area contributed by atoms with Crippen LogP contribution in [0.2, 0.25) is 0 Å². The zero-order chi connectivity index (χ0) is 22.1. The highest BCUT2D eigenvalue weighted by Crippen LogP contribution is 2.34. The summed E-state index contributed by atoms with van der Waals surface area (Å²) in [7, 11) is 0. The van der Waals surface area contributed by atoms with E-state index in [0.29, 0.717) is 38.0 Å². The van der Waals surface area contributed by atoms with E-state index in [0.717, 1.165) is 5.56 Å². The molecule has 1 amide bonds. The van der Waals surface area contributed by atoms with E-state index >= 15 is 0 Å². The summed E-state index contributed by atoms with van der Waals surface area (Å²) >= 11 is 0. The number of phenols is 1. The Morgan fingerprint density at radius 1 is 1.06 bits per heavy atom. The molecule has 8 heteroatoms. The first-order chi connectivity index (χ1) is 14.8. The van der Waals surface area contributed by atoms with Gasteiger partial charge in [-0.2, -0.15) is 0 Å². The van der Waals surface area contributed by atoms with Crippen LogP contribution in [0.15, 0.2) is 42.5 Å². The summed E-state index contributed by atoms with van der Waals surface area (Å²) in [6.07, 6.45) is -2.74.